The lowest BCUT2D eigenvalue weighted by molar-refractivity contribution is 0.140. The largest absolute Gasteiger partial charge is 0.393 e. The number of aliphatic hydroxyl groups excluding tert-OH is 1. The van der Waals surface area contributed by atoms with Crippen LogP contribution >= 0.6 is 0 Å². The maximum atomic E-state index is 9.17. The van der Waals surface area contributed by atoms with Crippen LogP contribution in [0.3, 0.4) is 0 Å². The molecule has 0 fully saturated rings. The predicted octanol–water partition coefficient (Wildman–Crippen LogP) is 1.16. The Balaban J connectivity index is 3.65. The molecular weight excluding hydrogens is 166 g/mol. The summed E-state index contributed by atoms with van der Waals surface area (Å²) in [5, 5.41) is 12.6. The molecule has 13 heavy (non-hydrogen) atoms. The number of nitrogens with one attached hydrogen (secondary N) is 1. The third kappa shape index (κ3) is 6.99. The van der Waals surface area contributed by atoms with Crippen LogP contribution in [-0.2, 0) is 4.74 Å². The van der Waals surface area contributed by atoms with E-state index in [0.29, 0.717) is 12.1 Å². The molecule has 3 unspecified atom stereocenters. The van der Waals surface area contributed by atoms with E-state index in [1.165, 1.54) is 0 Å². The van der Waals surface area contributed by atoms with Crippen molar-refractivity contribution in [2.75, 3.05) is 13.7 Å². The Morgan fingerprint density at radius 2 is 2.00 bits per heavy atom. The highest BCUT2D eigenvalue weighted by molar-refractivity contribution is 4.71. The molecule has 3 heteroatoms. The number of rotatable bonds is 7. The van der Waals surface area contributed by atoms with Crippen molar-refractivity contribution in [1.29, 1.82) is 0 Å². The van der Waals surface area contributed by atoms with Crippen LogP contribution in [0.1, 0.15) is 33.6 Å². The smallest absolute Gasteiger partial charge is 0.0615 e. The molecule has 0 aromatic heterocycles. The maximum absolute atomic E-state index is 9.17. The summed E-state index contributed by atoms with van der Waals surface area (Å²) in [6.45, 7) is 6.77. The minimum atomic E-state index is -0.234. The Hall–Kier alpha value is -0.120. The lowest BCUT2D eigenvalue weighted by atomic mass is 10.1. The molecule has 0 heterocycles. The first-order chi connectivity index (χ1) is 6.10. The van der Waals surface area contributed by atoms with Crippen molar-refractivity contribution in [2.24, 2.45) is 0 Å². The van der Waals surface area contributed by atoms with Crippen LogP contribution in [0, 0.1) is 0 Å². The number of hydrogen-bond acceptors (Lipinski definition) is 3. The van der Waals surface area contributed by atoms with E-state index < -0.39 is 0 Å². The average Bonchev–Trinajstić information content (AvgIpc) is 2.02. The highest BCUT2D eigenvalue weighted by Gasteiger charge is 2.11. The predicted molar refractivity (Wildman–Crippen MR) is 54.9 cm³/mol. The van der Waals surface area contributed by atoms with Gasteiger partial charge in [0.2, 0.25) is 0 Å². The molecule has 0 aliphatic carbocycles. The van der Waals surface area contributed by atoms with Crippen molar-refractivity contribution in [2.45, 2.75) is 51.8 Å². The Morgan fingerprint density at radius 3 is 2.38 bits per heavy atom. The van der Waals surface area contributed by atoms with Gasteiger partial charge in [0, 0.05) is 19.2 Å². The van der Waals surface area contributed by atoms with Gasteiger partial charge in [-0.05, 0) is 26.7 Å². The number of aliphatic hydroxyl groups is 1. The zero-order chi connectivity index (χ0) is 10.3. The van der Waals surface area contributed by atoms with Gasteiger partial charge in [0.25, 0.3) is 0 Å². The summed E-state index contributed by atoms with van der Waals surface area (Å²) in [4.78, 5) is 0. The van der Waals surface area contributed by atoms with E-state index in [4.69, 9.17) is 9.84 Å². The van der Waals surface area contributed by atoms with Gasteiger partial charge in [-0.3, -0.25) is 0 Å². The Kier molecular flexibility index (Phi) is 7.23. The summed E-state index contributed by atoms with van der Waals surface area (Å²) >= 11 is 0. The van der Waals surface area contributed by atoms with Gasteiger partial charge in [0.1, 0.15) is 0 Å². The second-order valence-electron chi connectivity index (χ2n) is 3.71. The topological polar surface area (TPSA) is 41.5 Å². The number of hydrogen-bond donors (Lipinski definition) is 2. The molecule has 0 rings (SSSR count). The molecule has 3 nitrogen and oxygen atoms in total. The minimum Gasteiger partial charge on any atom is -0.393 e. The molecular formula is C10H23NO2. The second kappa shape index (κ2) is 7.30. The quantitative estimate of drug-likeness (QED) is 0.631. The molecule has 0 bridgehead atoms. The van der Waals surface area contributed by atoms with E-state index in [2.05, 4.69) is 19.2 Å². The van der Waals surface area contributed by atoms with Crippen molar-refractivity contribution in [3.8, 4) is 0 Å². The molecule has 0 amide bonds. The Bertz CT molecular complexity index is 117. The summed E-state index contributed by atoms with van der Waals surface area (Å²) in [6.07, 6.45) is 1.61. The highest BCUT2D eigenvalue weighted by atomic mass is 16.5. The lowest BCUT2D eigenvalue weighted by Crippen LogP contribution is -2.40. The van der Waals surface area contributed by atoms with E-state index in [1.807, 2.05) is 6.92 Å². The molecule has 0 saturated carbocycles. The maximum Gasteiger partial charge on any atom is 0.0615 e. The Morgan fingerprint density at radius 1 is 1.38 bits per heavy atom. The molecule has 80 valence electrons. The zero-order valence-corrected chi connectivity index (χ0v) is 9.21. The van der Waals surface area contributed by atoms with E-state index in [1.54, 1.807) is 7.11 Å². The summed E-state index contributed by atoms with van der Waals surface area (Å²) in [7, 11) is 1.71. The fraction of sp³-hybridized carbons (Fsp3) is 1.00. The molecule has 3 atom stereocenters. The molecule has 0 aromatic rings. The van der Waals surface area contributed by atoms with Gasteiger partial charge >= 0.3 is 0 Å². The first-order valence-corrected chi connectivity index (χ1v) is 5.03. The van der Waals surface area contributed by atoms with E-state index in [-0.39, 0.29) is 6.10 Å². The molecule has 0 spiro atoms. The van der Waals surface area contributed by atoms with Crippen molar-refractivity contribution in [3.63, 3.8) is 0 Å². The van der Waals surface area contributed by atoms with Crippen LogP contribution in [-0.4, -0.2) is 37.0 Å². The average molecular weight is 189 g/mol. The van der Waals surface area contributed by atoms with Gasteiger partial charge in [-0.15, -0.1) is 0 Å². The molecule has 2 N–H and O–H groups in total. The second-order valence-corrected chi connectivity index (χ2v) is 3.71. The summed E-state index contributed by atoms with van der Waals surface area (Å²) in [5.41, 5.74) is 0. The highest BCUT2D eigenvalue weighted by Crippen LogP contribution is 2.00. The van der Waals surface area contributed by atoms with Crippen LogP contribution in [0.25, 0.3) is 0 Å². The van der Waals surface area contributed by atoms with Crippen molar-refractivity contribution in [3.05, 3.63) is 0 Å². The Labute approximate surface area is 81.5 Å². The normalized spacial score (nSPS) is 18.2. The van der Waals surface area contributed by atoms with E-state index in [0.717, 1.165) is 19.4 Å². The molecule has 0 radical (unpaired) electrons. The SMILES string of the molecule is CCC(COC)NC(C)CC(C)O. The van der Waals surface area contributed by atoms with Gasteiger partial charge in [-0.2, -0.15) is 0 Å². The standard InChI is InChI=1S/C10H23NO2/c1-5-10(7-13-4)11-8(2)6-9(3)12/h8-12H,5-7H2,1-4H3. The van der Waals surface area contributed by atoms with E-state index in [9.17, 15) is 0 Å². The van der Waals surface area contributed by atoms with Gasteiger partial charge in [0.15, 0.2) is 0 Å². The van der Waals surface area contributed by atoms with Gasteiger partial charge in [-0.1, -0.05) is 6.92 Å². The van der Waals surface area contributed by atoms with Crippen LogP contribution in [0.2, 0.25) is 0 Å². The van der Waals surface area contributed by atoms with Crippen LogP contribution in [0.5, 0.6) is 0 Å². The van der Waals surface area contributed by atoms with Gasteiger partial charge < -0.3 is 15.2 Å². The molecule has 0 saturated heterocycles. The fourth-order valence-electron chi connectivity index (χ4n) is 1.47. The van der Waals surface area contributed by atoms with Crippen molar-refractivity contribution < 1.29 is 9.84 Å². The fourth-order valence-corrected chi connectivity index (χ4v) is 1.47. The van der Waals surface area contributed by atoms with Crippen LogP contribution in [0.15, 0.2) is 0 Å². The van der Waals surface area contributed by atoms with E-state index >= 15 is 0 Å². The van der Waals surface area contributed by atoms with Gasteiger partial charge in [-0.25, -0.2) is 0 Å². The number of methoxy groups -OCH3 is 1. The van der Waals surface area contributed by atoms with Crippen molar-refractivity contribution in [1.82, 2.24) is 5.32 Å². The van der Waals surface area contributed by atoms with Gasteiger partial charge in [0.05, 0.1) is 12.7 Å². The van der Waals surface area contributed by atoms with Crippen LogP contribution in [0.4, 0.5) is 0 Å². The lowest BCUT2D eigenvalue weighted by Gasteiger charge is -2.22. The summed E-state index contributed by atoms with van der Waals surface area (Å²) in [5.74, 6) is 0. The minimum absolute atomic E-state index is 0.234. The summed E-state index contributed by atoms with van der Waals surface area (Å²) < 4.78 is 5.08. The van der Waals surface area contributed by atoms with Crippen LogP contribution < -0.4 is 5.32 Å². The third-order valence-corrected chi connectivity index (χ3v) is 2.08. The zero-order valence-electron chi connectivity index (χ0n) is 9.21. The summed E-state index contributed by atoms with van der Waals surface area (Å²) in [6, 6.07) is 0.749. The monoisotopic (exact) mass is 189 g/mol. The molecule has 0 aliphatic rings. The molecule has 0 aromatic carbocycles. The third-order valence-electron chi connectivity index (χ3n) is 2.08. The first-order valence-electron chi connectivity index (χ1n) is 5.03. The molecule has 0 aliphatic heterocycles. The number of ether oxygens (including phenoxy) is 1. The first kappa shape index (κ1) is 12.9. The van der Waals surface area contributed by atoms with Crippen molar-refractivity contribution >= 4 is 0 Å².